The van der Waals surface area contributed by atoms with Crippen LogP contribution in [-0.4, -0.2) is 31.3 Å². The molecule has 0 amide bonds. The van der Waals surface area contributed by atoms with Crippen LogP contribution < -0.4 is 0 Å². The van der Waals surface area contributed by atoms with E-state index >= 15 is 0 Å². The first-order valence-electron chi connectivity index (χ1n) is 5.77. The van der Waals surface area contributed by atoms with Crippen molar-refractivity contribution >= 4 is 5.97 Å². The molecule has 1 N–H and O–H groups in total. The first kappa shape index (κ1) is 14.0. The van der Waals surface area contributed by atoms with Crippen molar-refractivity contribution in [3.8, 4) is 0 Å². The van der Waals surface area contributed by atoms with Gasteiger partial charge in [0.15, 0.2) is 23.0 Å². The van der Waals surface area contributed by atoms with Crippen molar-refractivity contribution in [3.05, 3.63) is 41.2 Å². The van der Waals surface area contributed by atoms with Crippen LogP contribution in [0.3, 0.4) is 0 Å². The summed E-state index contributed by atoms with van der Waals surface area (Å²) in [6, 6.07) is 3.43. The first-order chi connectivity index (χ1) is 9.32. The number of aliphatic carboxylic acids is 1. The average molecular weight is 282 g/mol. The number of hydrogen-bond donors (Lipinski definition) is 1. The molecule has 0 unspecified atom stereocenters. The van der Waals surface area contributed by atoms with Crippen molar-refractivity contribution in [2.24, 2.45) is 0 Å². The molecule has 2 aromatic rings. The molecule has 6 nitrogen and oxygen atoms in total. The zero-order chi connectivity index (χ0) is 14.9. The monoisotopic (exact) mass is 282 g/mol. The van der Waals surface area contributed by atoms with Crippen LogP contribution in [0, 0.1) is 11.6 Å². The number of benzene rings is 1. The third kappa shape index (κ3) is 2.49. The predicted octanol–water partition coefficient (Wildman–Crippen LogP) is 1.36. The molecule has 0 spiro atoms. The SMILES string of the molecule is CC(C)(C(=O)O)n1nnnc1Cc1ccc(F)c(F)c1. The minimum atomic E-state index is -1.34. The summed E-state index contributed by atoms with van der Waals surface area (Å²) in [5.74, 6) is -2.77. The van der Waals surface area contributed by atoms with E-state index in [9.17, 15) is 13.6 Å². The van der Waals surface area contributed by atoms with Crippen LogP contribution in [0.4, 0.5) is 8.78 Å². The van der Waals surface area contributed by atoms with Crippen LogP contribution in [0.1, 0.15) is 25.2 Å². The molecule has 1 aromatic carbocycles. The van der Waals surface area contributed by atoms with E-state index in [4.69, 9.17) is 5.11 Å². The van der Waals surface area contributed by atoms with Gasteiger partial charge in [0.05, 0.1) is 0 Å². The summed E-state index contributed by atoms with van der Waals surface area (Å²) in [6.07, 6.45) is 0.0981. The maximum atomic E-state index is 13.1. The van der Waals surface area contributed by atoms with Gasteiger partial charge in [0.25, 0.3) is 0 Å². The predicted molar refractivity (Wildman–Crippen MR) is 63.9 cm³/mol. The molecule has 20 heavy (non-hydrogen) atoms. The molecule has 0 atom stereocenters. The number of rotatable bonds is 4. The maximum absolute atomic E-state index is 13.1. The third-order valence-corrected chi connectivity index (χ3v) is 2.93. The van der Waals surface area contributed by atoms with Crippen LogP contribution in [-0.2, 0) is 16.8 Å². The highest BCUT2D eigenvalue weighted by atomic mass is 19.2. The topological polar surface area (TPSA) is 80.9 Å². The Bertz CT molecular complexity index is 655. The molecule has 0 saturated carbocycles. The van der Waals surface area contributed by atoms with Gasteiger partial charge in [0, 0.05) is 6.42 Å². The summed E-state index contributed by atoms with van der Waals surface area (Å²) < 4.78 is 27.1. The minimum absolute atomic E-state index is 0.0981. The van der Waals surface area contributed by atoms with Crippen molar-refractivity contribution < 1.29 is 18.7 Å². The molecule has 0 bridgehead atoms. The molecule has 2 rings (SSSR count). The zero-order valence-corrected chi connectivity index (χ0v) is 10.8. The Morgan fingerprint density at radius 3 is 2.65 bits per heavy atom. The second-order valence-corrected chi connectivity index (χ2v) is 4.80. The molecule has 0 aliphatic heterocycles. The molecule has 0 saturated heterocycles. The lowest BCUT2D eigenvalue weighted by molar-refractivity contribution is -0.146. The van der Waals surface area contributed by atoms with E-state index in [1.54, 1.807) is 0 Å². The van der Waals surface area contributed by atoms with Crippen molar-refractivity contribution in [2.45, 2.75) is 25.8 Å². The van der Waals surface area contributed by atoms with Crippen molar-refractivity contribution in [1.82, 2.24) is 20.2 Å². The van der Waals surface area contributed by atoms with Gasteiger partial charge >= 0.3 is 5.97 Å². The number of carboxylic acid groups (broad SMARTS) is 1. The number of hydrogen-bond acceptors (Lipinski definition) is 4. The first-order valence-corrected chi connectivity index (χ1v) is 5.77. The number of carboxylic acids is 1. The fraction of sp³-hybridized carbons (Fsp3) is 0.333. The van der Waals surface area contributed by atoms with Crippen LogP contribution in [0.15, 0.2) is 18.2 Å². The van der Waals surface area contributed by atoms with Gasteiger partial charge in [0.1, 0.15) is 0 Å². The van der Waals surface area contributed by atoms with Gasteiger partial charge in [-0.2, -0.15) is 0 Å². The van der Waals surface area contributed by atoms with E-state index < -0.39 is 23.1 Å². The molecular formula is C12H12F2N4O2. The Morgan fingerprint density at radius 2 is 2.05 bits per heavy atom. The van der Waals surface area contributed by atoms with Crippen molar-refractivity contribution in [3.63, 3.8) is 0 Å². The van der Waals surface area contributed by atoms with Gasteiger partial charge in [-0.25, -0.2) is 18.3 Å². The van der Waals surface area contributed by atoms with Crippen molar-refractivity contribution in [1.29, 1.82) is 0 Å². The summed E-state index contributed by atoms with van der Waals surface area (Å²) >= 11 is 0. The second kappa shape index (κ2) is 4.95. The molecule has 1 heterocycles. The van der Waals surface area contributed by atoms with E-state index in [0.717, 1.165) is 16.8 Å². The van der Waals surface area contributed by atoms with E-state index in [1.165, 1.54) is 19.9 Å². The number of carbonyl (C=O) groups is 1. The summed E-state index contributed by atoms with van der Waals surface area (Å²) in [5.41, 5.74) is -0.890. The molecule has 1 aromatic heterocycles. The summed E-state index contributed by atoms with van der Waals surface area (Å²) in [5, 5.41) is 20.0. The Balaban J connectivity index is 2.34. The van der Waals surface area contributed by atoms with Gasteiger partial charge < -0.3 is 5.11 Å². The molecule has 0 aliphatic carbocycles. The van der Waals surface area contributed by atoms with Crippen LogP contribution >= 0.6 is 0 Å². The second-order valence-electron chi connectivity index (χ2n) is 4.80. The lowest BCUT2D eigenvalue weighted by atomic mass is 10.1. The number of aromatic nitrogens is 4. The summed E-state index contributed by atoms with van der Waals surface area (Å²) in [6.45, 7) is 2.89. The van der Waals surface area contributed by atoms with Crippen LogP contribution in [0.5, 0.6) is 0 Å². The quantitative estimate of drug-likeness (QED) is 0.915. The minimum Gasteiger partial charge on any atom is -0.479 e. The van der Waals surface area contributed by atoms with E-state index in [0.29, 0.717) is 5.56 Å². The van der Waals surface area contributed by atoms with Gasteiger partial charge in [-0.05, 0) is 42.0 Å². The molecule has 106 valence electrons. The Morgan fingerprint density at radius 1 is 1.35 bits per heavy atom. The highest BCUT2D eigenvalue weighted by Gasteiger charge is 2.33. The highest BCUT2D eigenvalue weighted by molar-refractivity contribution is 5.75. The molecule has 0 fully saturated rings. The fourth-order valence-electron chi connectivity index (χ4n) is 1.67. The lowest BCUT2D eigenvalue weighted by Gasteiger charge is -2.20. The maximum Gasteiger partial charge on any atom is 0.331 e. The van der Waals surface area contributed by atoms with E-state index in [1.807, 2.05) is 0 Å². The third-order valence-electron chi connectivity index (χ3n) is 2.93. The van der Waals surface area contributed by atoms with E-state index in [-0.39, 0.29) is 12.2 Å². The molecule has 0 aliphatic rings. The highest BCUT2D eigenvalue weighted by Crippen LogP contribution is 2.18. The van der Waals surface area contributed by atoms with Gasteiger partial charge in [-0.3, -0.25) is 0 Å². The molecule has 8 heteroatoms. The summed E-state index contributed by atoms with van der Waals surface area (Å²) in [7, 11) is 0. The van der Waals surface area contributed by atoms with Gasteiger partial charge in [0.2, 0.25) is 0 Å². The molecular weight excluding hydrogens is 270 g/mol. The number of tetrazole rings is 1. The van der Waals surface area contributed by atoms with E-state index in [2.05, 4.69) is 15.5 Å². The molecule has 0 radical (unpaired) electrons. The van der Waals surface area contributed by atoms with Crippen molar-refractivity contribution in [2.75, 3.05) is 0 Å². The number of halogens is 2. The van der Waals surface area contributed by atoms with Crippen LogP contribution in [0.25, 0.3) is 0 Å². The van der Waals surface area contributed by atoms with Crippen LogP contribution in [0.2, 0.25) is 0 Å². The fourth-order valence-corrected chi connectivity index (χ4v) is 1.67. The van der Waals surface area contributed by atoms with Gasteiger partial charge in [-0.15, -0.1) is 5.10 Å². The Hall–Kier alpha value is -2.38. The largest absolute Gasteiger partial charge is 0.479 e. The summed E-state index contributed by atoms with van der Waals surface area (Å²) in [4.78, 5) is 11.2. The number of nitrogens with zero attached hydrogens (tertiary/aromatic N) is 4. The Labute approximate surface area is 113 Å². The Kier molecular flexibility index (Phi) is 3.47. The van der Waals surface area contributed by atoms with Gasteiger partial charge in [-0.1, -0.05) is 6.07 Å². The zero-order valence-electron chi connectivity index (χ0n) is 10.8. The standard InChI is InChI=1S/C12H12F2N4O2/c1-12(2,11(19)20)18-10(15-16-17-18)6-7-3-4-8(13)9(14)5-7/h3-5H,6H2,1-2H3,(H,19,20). The smallest absolute Gasteiger partial charge is 0.331 e. The average Bonchev–Trinajstić information content (AvgIpc) is 2.82. The normalized spacial score (nSPS) is 11.6. The lowest BCUT2D eigenvalue weighted by Crippen LogP contribution is -2.38.